The van der Waals surface area contributed by atoms with E-state index in [1.165, 1.54) is 11.8 Å². The molecule has 0 aromatic carbocycles. The maximum Gasteiger partial charge on any atom is 0.407 e. The Balaban J connectivity index is 4.88. The third-order valence-corrected chi connectivity index (χ3v) is 4.95. The molecule has 0 fully saturated rings. The number of carbonyl (C=O) groups excluding carboxylic acids is 5. The molecule has 0 saturated heterocycles. The summed E-state index contributed by atoms with van der Waals surface area (Å²) in [7, 11) is 0. The SMILES string of the molecule is C=CC(=O)OCC(COC(=O)C=C)(COC(=O)C=C)COC(=O)CCSCCNC(=O)OC(C)(C)C. The van der Waals surface area contributed by atoms with Crippen molar-refractivity contribution in [1.82, 2.24) is 5.32 Å². The highest BCUT2D eigenvalue weighted by Gasteiger charge is 2.37. The van der Waals surface area contributed by atoms with Crippen LogP contribution >= 0.6 is 11.8 Å². The molecule has 0 atom stereocenters. The standard InChI is InChI=1S/C24H35NO10S/c1-7-18(26)31-14-24(15-32-19(27)8-2,16-33-20(28)9-3)17-34-21(29)10-12-36-13-11-25-22(30)35-23(4,5)6/h7-9H,1-3,10-17H2,4-6H3,(H,25,30). The third kappa shape index (κ3) is 16.4. The fourth-order valence-electron chi connectivity index (χ4n) is 2.20. The molecule has 0 heterocycles. The van der Waals surface area contributed by atoms with Gasteiger partial charge in [0.2, 0.25) is 0 Å². The lowest BCUT2D eigenvalue weighted by Crippen LogP contribution is -2.43. The number of carbonyl (C=O) groups is 5. The van der Waals surface area contributed by atoms with E-state index in [2.05, 4.69) is 25.1 Å². The van der Waals surface area contributed by atoms with Crippen LogP contribution in [0.5, 0.6) is 0 Å². The first kappa shape index (κ1) is 32.7. The molecular weight excluding hydrogens is 494 g/mol. The van der Waals surface area contributed by atoms with Gasteiger partial charge < -0.3 is 29.0 Å². The van der Waals surface area contributed by atoms with Crippen molar-refractivity contribution in [3.05, 3.63) is 38.0 Å². The lowest BCUT2D eigenvalue weighted by molar-refractivity contribution is -0.165. The van der Waals surface area contributed by atoms with Crippen LogP contribution in [0.1, 0.15) is 27.2 Å². The normalized spacial score (nSPS) is 10.9. The van der Waals surface area contributed by atoms with Crippen LogP contribution in [-0.4, -0.2) is 80.0 Å². The van der Waals surface area contributed by atoms with Gasteiger partial charge in [-0.1, -0.05) is 19.7 Å². The zero-order valence-electron chi connectivity index (χ0n) is 21.0. The number of hydrogen-bond acceptors (Lipinski definition) is 11. The summed E-state index contributed by atoms with van der Waals surface area (Å²) >= 11 is 1.41. The van der Waals surface area contributed by atoms with Crippen molar-refractivity contribution in [3.8, 4) is 0 Å². The molecule has 0 rings (SSSR count). The van der Waals surface area contributed by atoms with Crippen LogP contribution in [0.4, 0.5) is 4.79 Å². The third-order valence-electron chi connectivity index (χ3n) is 3.97. The number of rotatable bonds is 17. The van der Waals surface area contributed by atoms with Gasteiger partial charge in [0.05, 0.1) is 6.42 Å². The van der Waals surface area contributed by atoms with E-state index >= 15 is 0 Å². The number of hydrogen-bond donors (Lipinski definition) is 1. The zero-order chi connectivity index (χ0) is 27.6. The number of thioether (sulfide) groups is 1. The summed E-state index contributed by atoms with van der Waals surface area (Å²) in [6.07, 6.45) is 2.30. The van der Waals surface area contributed by atoms with Gasteiger partial charge in [-0.3, -0.25) is 4.79 Å². The summed E-state index contributed by atoms with van der Waals surface area (Å²) in [5.74, 6) is -1.94. The van der Waals surface area contributed by atoms with Crippen LogP contribution < -0.4 is 5.32 Å². The van der Waals surface area contributed by atoms with Crippen molar-refractivity contribution in [2.45, 2.75) is 32.8 Å². The topological polar surface area (TPSA) is 144 Å². The molecule has 0 saturated carbocycles. The Morgan fingerprint density at radius 3 is 1.61 bits per heavy atom. The van der Waals surface area contributed by atoms with Crippen molar-refractivity contribution in [1.29, 1.82) is 0 Å². The second-order valence-corrected chi connectivity index (χ2v) is 9.61. The van der Waals surface area contributed by atoms with Gasteiger partial charge in [0.15, 0.2) is 0 Å². The number of alkyl carbamates (subject to hydrolysis) is 1. The molecule has 0 aliphatic heterocycles. The monoisotopic (exact) mass is 529 g/mol. The summed E-state index contributed by atoms with van der Waals surface area (Å²) < 4.78 is 25.6. The van der Waals surface area contributed by atoms with Crippen LogP contribution in [0, 0.1) is 5.41 Å². The zero-order valence-corrected chi connectivity index (χ0v) is 21.8. The average Bonchev–Trinajstić information content (AvgIpc) is 2.83. The first-order valence-corrected chi connectivity index (χ1v) is 12.1. The molecule has 0 aromatic rings. The fraction of sp³-hybridized carbons (Fsp3) is 0.542. The molecule has 0 bridgehead atoms. The molecule has 202 valence electrons. The van der Waals surface area contributed by atoms with Crippen molar-refractivity contribution in [3.63, 3.8) is 0 Å². The molecule has 0 spiro atoms. The van der Waals surface area contributed by atoms with E-state index in [4.69, 9.17) is 23.7 Å². The summed E-state index contributed by atoms with van der Waals surface area (Å²) in [5, 5.41) is 2.61. The van der Waals surface area contributed by atoms with Gasteiger partial charge in [-0.2, -0.15) is 11.8 Å². The minimum atomic E-state index is -1.38. The van der Waals surface area contributed by atoms with E-state index < -0.39 is 60.8 Å². The maximum absolute atomic E-state index is 12.3. The molecule has 1 amide bonds. The summed E-state index contributed by atoms with van der Waals surface area (Å²) in [6, 6.07) is 0. The molecule has 36 heavy (non-hydrogen) atoms. The highest BCUT2D eigenvalue weighted by molar-refractivity contribution is 7.99. The van der Waals surface area contributed by atoms with E-state index in [1.54, 1.807) is 20.8 Å². The predicted molar refractivity (Wildman–Crippen MR) is 133 cm³/mol. The van der Waals surface area contributed by atoms with Crippen LogP contribution in [0.2, 0.25) is 0 Å². The van der Waals surface area contributed by atoms with Crippen LogP contribution in [0.25, 0.3) is 0 Å². The highest BCUT2D eigenvalue weighted by atomic mass is 32.2. The van der Waals surface area contributed by atoms with E-state index in [1.807, 2.05) is 0 Å². The molecule has 0 unspecified atom stereocenters. The molecule has 11 nitrogen and oxygen atoms in total. The smallest absolute Gasteiger partial charge is 0.407 e. The van der Waals surface area contributed by atoms with Crippen molar-refractivity contribution >= 4 is 41.7 Å². The second-order valence-electron chi connectivity index (χ2n) is 8.39. The van der Waals surface area contributed by atoms with Gasteiger partial charge in [-0.25, -0.2) is 19.2 Å². The van der Waals surface area contributed by atoms with E-state index in [0.717, 1.165) is 18.2 Å². The number of amides is 1. The molecule has 0 aromatic heterocycles. The van der Waals surface area contributed by atoms with Gasteiger partial charge in [0.25, 0.3) is 0 Å². The number of esters is 4. The maximum atomic E-state index is 12.3. The molecule has 0 aliphatic carbocycles. The Bertz CT molecular complexity index is 743. The van der Waals surface area contributed by atoms with Gasteiger partial charge in [-0.05, 0) is 20.8 Å². The lowest BCUT2D eigenvalue weighted by atomic mass is 9.92. The quantitative estimate of drug-likeness (QED) is 0.128. The first-order chi connectivity index (χ1) is 16.9. The van der Waals surface area contributed by atoms with E-state index in [-0.39, 0.29) is 13.0 Å². The second kappa shape index (κ2) is 17.2. The largest absolute Gasteiger partial charge is 0.465 e. The number of nitrogens with one attached hydrogen (secondary N) is 1. The van der Waals surface area contributed by atoms with Crippen molar-refractivity contribution in [2.24, 2.45) is 5.41 Å². The van der Waals surface area contributed by atoms with Crippen LogP contribution in [0.15, 0.2) is 38.0 Å². The van der Waals surface area contributed by atoms with Crippen molar-refractivity contribution < 1.29 is 47.7 Å². The van der Waals surface area contributed by atoms with Gasteiger partial charge >= 0.3 is 30.0 Å². The Morgan fingerprint density at radius 2 is 1.19 bits per heavy atom. The first-order valence-electron chi connectivity index (χ1n) is 10.9. The van der Waals surface area contributed by atoms with Crippen LogP contribution in [-0.2, 0) is 42.9 Å². The molecular formula is C24H35NO10S. The molecule has 1 N–H and O–H groups in total. The van der Waals surface area contributed by atoms with E-state index in [0.29, 0.717) is 18.1 Å². The highest BCUT2D eigenvalue weighted by Crippen LogP contribution is 2.22. The fourth-order valence-corrected chi connectivity index (χ4v) is 2.96. The summed E-state index contributed by atoms with van der Waals surface area (Å²) in [4.78, 5) is 58.6. The minimum absolute atomic E-state index is 0.0402. The molecule has 0 aliphatic rings. The Morgan fingerprint density at radius 1 is 0.750 bits per heavy atom. The van der Waals surface area contributed by atoms with E-state index in [9.17, 15) is 24.0 Å². The molecule has 0 radical (unpaired) electrons. The summed E-state index contributed by atoms with van der Waals surface area (Å²) in [5.41, 5.74) is -1.97. The van der Waals surface area contributed by atoms with Crippen LogP contribution in [0.3, 0.4) is 0 Å². The Labute approximate surface area is 215 Å². The predicted octanol–water partition coefficient (Wildman–Crippen LogP) is 2.35. The lowest BCUT2D eigenvalue weighted by Gasteiger charge is -2.31. The minimum Gasteiger partial charge on any atom is -0.465 e. The summed E-state index contributed by atoms with van der Waals surface area (Å²) in [6.45, 7) is 14.0. The Kier molecular flexibility index (Phi) is 15.6. The molecule has 12 heteroatoms. The van der Waals surface area contributed by atoms with Gasteiger partial charge in [0.1, 0.15) is 37.4 Å². The van der Waals surface area contributed by atoms with Crippen molar-refractivity contribution in [2.75, 3.05) is 44.5 Å². The number of ether oxygens (including phenoxy) is 5. The average molecular weight is 530 g/mol. The van der Waals surface area contributed by atoms with Gasteiger partial charge in [0, 0.05) is 36.3 Å². The van der Waals surface area contributed by atoms with Gasteiger partial charge in [-0.15, -0.1) is 0 Å². The Hall–Kier alpha value is -3.28.